The molecule has 1 aliphatic rings. The van der Waals surface area contributed by atoms with Crippen LogP contribution in [-0.4, -0.2) is 23.2 Å². The van der Waals surface area contributed by atoms with Crippen LogP contribution >= 0.6 is 28.1 Å². The predicted molar refractivity (Wildman–Crippen MR) is 142 cm³/mol. The van der Waals surface area contributed by atoms with Gasteiger partial charge in [0, 0.05) is 21.9 Å². The van der Waals surface area contributed by atoms with Crippen LogP contribution in [0, 0.1) is 6.92 Å². The topological polar surface area (TPSA) is 67.6 Å². The first kappa shape index (κ1) is 23.3. The van der Waals surface area contributed by atoms with E-state index < -0.39 is 5.97 Å². The number of hydrogen-bond donors (Lipinski definition) is 1. The number of esters is 1. The third-order valence-electron chi connectivity index (χ3n) is 6.03. The number of carbonyl (C=O) groups excluding carboxylic acids is 1. The summed E-state index contributed by atoms with van der Waals surface area (Å²) in [6.45, 7) is 2.04. The quantitative estimate of drug-likeness (QED) is 0.230. The van der Waals surface area contributed by atoms with E-state index in [1.807, 2.05) is 61.5 Å². The Balaban J connectivity index is 1.62. The van der Waals surface area contributed by atoms with Crippen molar-refractivity contribution in [2.45, 2.75) is 19.0 Å². The molecule has 3 heterocycles. The lowest BCUT2D eigenvalue weighted by Gasteiger charge is -2.26. The van der Waals surface area contributed by atoms with Crippen LogP contribution in [0.15, 0.2) is 87.9 Å². The van der Waals surface area contributed by atoms with Gasteiger partial charge in [0.2, 0.25) is 0 Å². The number of thiocarbonyl (C=S) groups is 1. The zero-order valence-corrected chi connectivity index (χ0v) is 21.5. The van der Waals surface area contributed by atoms with Gasteiger partial charge >= 0.3 is 5.97 Å². The average molecular weight is 548 g/mol. The molecule has 4 aromatic rings. The lowest BCUT2D eigenvalue weighted by atomic mass is 10.0. The highest BCUT2D eigenvalue weighted by Gasteiger charge is 2.42. The van der Waals surface area contributed by atoms with E-state index in [1.54, 1.807) is 18.3 Å². The molecule has 0 bridgehead atoms. The van der Waals surface area contributed by atoms with Crippen LogP contribution < -0.4 is 10.2 Å². The van der Waals surface area contributed by atoms with Crippen molar-refractivity contribution < 1.29 is 13.9 Å². The van der Waals surface area contributed by atoms with Crippen molar-refractivity contribution in [2.24, 2.45) is 0 Å². The van der Waals surface area contributed by atoms with Gasteiger partial charge in [-0.1, -0.05) is 40.2 Å². The van der Waals surface area contributed by atoms with Crippen LogP contribution in [0.4, 0.5) is 5.69 Å². The van der Waals surface area contributed by atoms with Gasteiger partial charge in [-0.25, -0.2) is 4.79 Å². The first-order valence-electron chi connectivity index (χ1n) is 11.0. The van der Waals surface area contributed by atoms with Crippen molar-refractivity contribution in [1.29, 1.82) is 0 Å². The Labute approximate surface area is 217 Å². The Kier molecular flexibility index (Phi) is 6.40. The number of aromatic nitrogens is 1. The number of halogens is 1. The molecule has 0 radical (unpaired) electrons. The molecule has 1 saturated heterocycles. The zero-order chi connectivity index (χ0) is 24.5. The van der Waals surface area contributed by atoms with Gasteiger partial charge < -0.3 is 19.4 Å². The molecule has 2 aromatic heterocycles. The maximum Gasteiger partial charge on any atom is 0.338 e. The van der Waals surface area contributed by atoms with Gasteiger partial charge in [-0.2, -0.15) is 0 Å². The Morgan fingerprint density at radius 1 is 1.11 bits per heavy atom. The molecular formula is C27H22BrN3O3S. The molecule has 176 valence electrons. The molecule has 5 rings (SSSR count). The number of aryl methyl sites for hydroxylation is 1. The molecule has 1 aliphatic heterocycles. The molecule has 8 heteroatoms. The van der Waals surface area contributed by atoms with Crippen LogP contribution in [0.25, 0.3) is 11.3 Å². The summed E-state index contributed by atoms with van der Waals surface area (Å²) in [7, 11) is 1.37. The highest BCUT2D eigenvalue weighted by molar-refractivity contribution is 9.10. The minimum Gasteiger partial charge on any atom is -0.465 e. The third-order valence-corrected chi connectivity index (χ3v) is 7.24. The standard InChI is InChI=1S/C27H22BrN3O3S/c1-16-15-17(10-11-20(16)28)31-25(24(30-27(31)35)21-9-5-6-14-29-21)23-13-12-22(34-23)18-7-3-4-8-19(18)26(32)33-2/h3-15,24-25H,1-2H3,(H,30,35)/t24-,25-/m0/s1. The number of methoxy groups -OCH3 is 1. The fraction of sp³-hybridized carbons (Fsp3) is 0.148. The fourth-order valence-electron chi connectivity index (χ4n) is 4.34. The third kappa shape index (κ3) is 4.35. The van der Waals surface area contributed by atoms with Gasteiger partial charge in [0.05, 0.1) is 24.4 Å². The Hall–Kier alpha value is -3.49. The molecule has 6 nitrogen and oxygen atoms in total. The minimum atomic E-state index is -0.416. The van der Waals surface area contributed by atoms with Crippen molar-refractivity contribution in [3.63, 3.8) is 0 Å². The summed E-state index contributed by atoms with van der Waals surface area (Å²) in [6.07, 6.45) is 1.77. The molecule has 2 atom stereocenters. The summed E-state index contributed by atoms with van der Waals surface area (Å²) in [5.41, 5.74) is 4.00. The van der Waals surface area contributed by atoms with E-state index in [4.69, 9.17) is 21.4 Å². The van der Waals surface area contributed by atoms with E-state index in [2.05, 4.69) is 37.2 Å². The van der Waals surface area contributed by atoms with E-state index in [-0.39, 0.29) is 12.1 Å². The molecule has 1 N–H and O–H groups in total. The number of pyridine rings is 1. The second-order valence-electron chi connectivity index (χ2n) is 8.17. The summed E-state index contributed by atoms with van der Waals surface area (Å²) >= 11 is 9.38. The summed E-state index contributed by atoms with van der Waals surface area (Å²) in [5.74, 6) is 0.856. The number of ether oxygens (including phenoxy) is 1. The summed E-state index contributed by atoms with van der Waals surface area (Å²) in [4.78, 5) is 19.0. The smallest absolute Gasteiger partial charge is 0.338 e. The van der Waals surface area contributed by atoms with Gasteiger partial charge in [-0.3, -0.25) is 4.98 Å². The van der Waals surface area contributed by atoms with Gasteiger partial charge in [0.15, 0.2) is 5.11 Å². The number of anilines is 1. The maximum absolute atomic E-state index is 12.3. The SMILES string of the molecule is COC(=O)c1ccccc1-c1ccc([C@H]2[C@H](c3ccccn3)NC(=S)N2c2ccc(Br)c(C)c2)o1. The molecule has 35 heavy (non-hydrogen) atoms. The normalized spacial score (nSPS) is 17.3. The van der Waals surface area contributed by atoms with Crippen LogP contribution in [-0.2, 0) is 4.74 Å². The van der Waals surface area contributed by atoms with Crippen molar-refractivity contribution in [2.75, 3.05) is 12.0 Å². The molecule has 0 amide bonds. The highest BCUT2D eigenvalue weighted by Crippen LogP contribution is 2.43. The lowest BCUT2D eigenvalue weighted by Crippen LogP contribution is -2.29. The Morgan fingerprint density at radius 3 is 2.66 bits per heavy atom. The van der Waals surface area contributed by atoms with E-state index in [9.17, 15) is 4.79 Å². The number of hydrogen-bond acceptors (Lipinski definition) is 5. The first-order chi connectivity index (χ1) is 17.0. The number of carbonyl (C=O) groups is 1. The van der Waals surface area contributed by atoms with Crippen molar-refractivity contribution in [3.8, 4) is 11.3 Å². The number of benzene rings is 2. The minimum absolute atomic E-state index is 0.234. The monoisotopic (exact) mass is 547 g/mol. The Bertz CT molecular complexity index is 1410. The lowest BCUT2D eigenvalue weighted by molar-refractivity contribution is 0.0601. The van der Waals surface area contributed by atoms with Crippen LogP contribution in [0.5, 0.6) is 0 Å². The summed E-state index contributed by atoms with van der Waals surface area (Å²) < 4.78 is 12.4. The summed E-state index contributed by atoms with van der Waals surface area (Å²) in [5, 5.41) is 4.02. The van der Waals surface area contributed by atoms with Gasteiger partial charge in [0.1, 0.15) is 17.6 Å². The van der Waals surface area contributed by atoms with Gasteiger partial charge in [-0.05, 0) is 73.2 Å². The van der Waals surface area contributed by atoms with Gasteiger partial charge in [-0.15, -0.1) is 0 Å². The molecule has 0 aliphatic carbocycles. The zero-order valence-electron chi connectivity index (χ0n) is 19.1. The van der Waals surface area contributed by atoms with E-state index in [1.165, 1.54) is 7.11 Å². The van der Waals surface area contributed by atoms with Crippen LogP contribution in [0.3, 0.4) is 0 Å². The second-order valence-corrected chi connectivity index (χ2v) is 9.41. The predicted octanol–water partition coefficient (Wildman–Crippen LogP) is 6.38. The van der Waals surface area contributed by atoms with Crippen molar-refractivity contribution >= 4 is 44.9 Å². The molecule has 0 spiro atoms. The van der Waals surface area contributed by atoms with E-state index >= 15 is 0 Å². The van der Waals surface area contributed by atoms with Crippen LogP contribution in [0.2, 0.25) is 0 Å². The first-order valence-corrected chi connectivity index (χ1v) is 12.2. The number of furan rings is 1. The molecule has 0 unspecified atom stereocenters. The second kappa shape index (κ2) is 9.64. The molecular weight excluding hydrogens is 526 g/mol. The maximum atomic E-state index is 12.3. The van der Waals surface area contributed by atoms with E-state index in [0.29, 0.717) is 27.8 Å². The number of nitrogens with one attached hydrogen (secondary N) is 1. The van der Waals surface area contributed by atoms with Crippen molar-refractivity contribution in [3.05, 3.63) is 106 Å². The summed E-state index contributed by atoms with van der Waals surface area (Å²) in [6, 6.07) is 22.4. The molecule has 0 saturated carbocycles. The highest BCUT2D eigenvalue weighted by atomic mass is 79.9. The van der Waals surface area contributed by atoms with Crippen molar-refractivity contribution in [1.82, 2.24) is 10.3 Å². The number of nitrogens with zero attached hydrogens (tertiary/aromatic N) is 2. The average Bonchev–Trinajstić information content (AvgIpc) is 3.50. The fourth-order valence-corrected chi connectivity index (χ4v) is 4.94. The molecule has 1 fully saturated rings. The molecule has 2 aromatic carbocycles. The van der Waals surface area contributed by atoms with Gasteiger partial charge in [0.25, 0.3) is 0 Å². The number of rotatable bonds is 5. The van der Waals surface area contributed by atoms with Crippen LogP contribution in [0.1, 0.15) is 39.5 Å². The Morgan fingerprint density at radius 2 is 1.91 bits per heavy atom. The van der Waals surface area contributed by atoms with E-state index in [0.717, 1.165) is 21.4 Å². The largest absolute Gasteiger partial charge is 0.465 e.